The molecule has 27 heavy (non-hydrogen) atoms. The van der Waals surface area contributed by atoms with Gasteiger partial charge in [0.05, 0.1) is 28.1 Å². The SMILES string of the molecule is Cc1ncccc1Oc1ccc(Nc2nc3c(s2)-c2ccccc2C3)cn1. The summed E-state index contributed by atoms with van der Waals surface area (Å²) in [7, 11) is 0. The molecule has 0 bridgehead atoms. The van der Waals surface area contributed by atoms with E-state index in [4.69, 9.17) is 9.72 Å². The van der Waals surface area contributed by atoms with Gasteiger partial charge in [-0.2, -0.15) is 0 Å². The molecule has 0 amide bonds. The molecular formula is C21H16N4OS. The second kappa shape index (κ2) is 6.48. The highest BCUT2D eigenvalue weighted by Gasteiger charge is 2.22. The van der Waals surface area contributed by atoms with Gasteiger partial charge in [-0.1, -0.05) is 35.6 Å². The summed E-state index contributed by atoms with van der Waals surface area (Å²) in [6, 6.07) is 16.0. The number of aromatic nitrogens is 3. The van der Waals surface area contributed by atoms with Gasteiger partial charge < -0.3 is 10.1 Å². The zero-order valence-corrected chi connectivity index (χ0v) is 15.5. The molecule has 6 heteroatoms. The standard InChI is InChI=1S/C21H16N4OS/c1-13-18(7-4-10-22-13)26-19-9-8-15(12-23-19)24-21-25-17-11-14-5-2-3-6-16(14)20(17)27-21/h2-10,12H,11H2,1H3,(H,24,25). The molecule has 1 N–H and O–H groups in total. The van der Waals surface area contributed by atoms with Gasteiger partial charge in [0.1, 0.15) is 0 Å². The number of nitrogens with zero attached hydrogens (tertiary/aromatic N) is 3. The van der Waals surface area contributed by atoms with Crippen LogP contribution in [0.3, 0.4) is 0 Å². The lowest BCUT2D eigenvalue weighted by molar-refractivity contribution is 0.457. The summed E-state index contributed by atoms with van der Waals surface area (Å²) in [6.45, 7) is 1.91. The Hall–Kier alpha value is -3.25. The lowest BCUT2D eigenvalue weighted by Crippen LogP contribution is -1.94. The van der Waals surface area contributed by atoms with Crippen molar-refractivity contribution in [1.29, 1.82) is 0 Å². The summed E-state index contributed by atoms with van der Waals surface area (Å²) in [5.74, 6) is 1.24. The van der Waals surface area contributed by atoms with E-state index in [2.05, 4.69) is 39.6 Å². The second-order valence-corrected chi connectivity index (χ2v) is 7.33. The fourth-order valence-corrected chi connectivity index (χ4v) is 4.20. The molecule has 3 aromatic heterocycles. The Morgan fingerprint density at radius 2 is 1.96 bits per heavy atom. The molecule has 0 atom stereocenters. The van der Waals surface area contributed by atoms with Crippen LogP contribution in [0.25, 0.3) is 10.4 Å². The van der Waals surface area contributed by atoms with Crippen LogP contribution in [-0.4, -0.2) is 15.0 Å². The highest BCUT2D eigenvalue weighted by Crippen LogP contribution is 2.42. The molecule has 0 fully saturated rings. The zero-order valence-electron chi connectivity index (χ0n) is 14.6. The summed E-state index contributed by atoms with van der Waals surface area (Å²) in [5.41, 5.74) is 5.51. The quantitative estimate of drug-likeness (QED) is 0.461. The highest BCUT2D eigenvalue weighted by atomic mass is 32.1. The normalized spacial score (nSPS) is 11.7. The molecule has 1 aliphatic carbocycles. The van der Waals surface area contributed by atoms with Gasteiger partial charge in [-0.3, -0.25) is 4.98 Å². The third-order valence-electron chi connectivity index (χ3n) is 4.48. The Morgan fingerprint density at radius 3 is 2.81 bits per heavy atom. The van der Waals surface area contributed by atoms with Crippen LogP contribution in [0, 0.1) is 6.92 Å². The van der Waals surface area contributed by atoms with Crippen molar-refractivity contribution in [2.45, 2.75) is 13.3 Å². The fraction of sp³-hybridized carbons (Fsp3) is 0.0952. The maximum atomic E-state index is 5.79. The molecule has 132 valence electrons. The van der Waals surface area contributed by atoms with Crippen LogP contribution in [0.2, 0.25) is 0 Å². The Bertz CT molecular complexity index is 1120. The van der Waals surface area contributed by atoms with Gasteiger partial charge in [-0.05, 0) is 36.2 Å². The van der Waals surface area contributed by atoms with Crippen LogP contribution in [0.1, 0.15) is 17.0 Å². The molecule has 0 spiro atoms. The van der Waals surface area contributed by atoms with Gasteiger partial charge in [0.2, 0.25) is 5.88 Å². The molecule has 5 nitrogen and oxygen atoms in total. The molecule has 3 heterocycles. The van der Waals surface area contributed by atoms with Crippen LogP contribution in [-0.2, 0) is 6.42 Å². The molecule has 1 aromatic carbocycles. The number of hydrogen-bond donors (Lipinski definition) is 1. The molecular weight excluding hydrogens is 356 g/mol. The van der Waals surface area contributed by atoms with Crippen molar-refractivity contribution >= 4 is 22.2 Å². The molecule has 4 aromatic rings. The van der Waals surface area contributed by atoms with Crippen LogP contribution >= 0.6 is 11.3 Å². The number of nitrogens with one attached hydrogen (secondary N) is 1. The molecule has 5 rings (SSSR count). The van der Waals surface area contributed by atoms with E-state index >= 15 is 0 Å². The van der Waals surface area contributed by atoms with E-state index < -0.39 is 0 Å². The van der Waals surface area contributed by atoms with Crippen molar-refractivity contribution in [2.24, 2.45) is 0 Å². The number of fused-ring (bicyclic) bond motifs is 3. The number of hydrogen-bond acceptors (Lipinski definition) is 6. The highest BCUT2D eigenvalue weighted by molar-refractivity contribution is 7.19. The first kappa shape index (κ1) is 16.0. The number of anilines is 2. The van der Waals surface area contributed by atoms with Gasteiger partial charge in [0.25, 0.3) is 0 Å². The smallest absolute Gasteiger partial charge is 0.219 e. The number of ether oxygens (including phenoxy) is 1. The van der Waals surface area contributed by atoms with Crippen molar-refractivity contribution in [3.63, 3.8) is 0 Å². The Labute approximate surface area is 160 Å². The van der Waals surface area contributed by atoms with Crippen LogP contribution in [0.15, 0.2) is 60.9 Å². The number of benzene rings is 1. The first-order chi connectivity index (χ1) is 13.3. The van der Waals surface area contributed by atoms with E-state index in [0.717, 1.165) is 28.6 Å². The van der Waals surface area contributed by atoms with Crippen LogP contribution < -0.4 is 10.1 Å². The molecule has 0 radical (unpaired) electrons. The average Bonchev–Trinajstić information content (AvgIpc) is 3.22. The Kier molecular flexibility index (Phi) is 3.83. The monoisotopic (exact) mass is 372 g/mol. The minimum Gasteiger partial charge on any atom is -0.437 e. The van der Waals surface area contributed by atoms with E-state index in [1.165, 1.54) is 16.0 Å². The summed E-state index contributed by atoms with van der Waals surface area (Å²) in [4.78, 5) is 14.6. The van der Waals surface area contributed by atoms with Crippen molar-refractivity contribution < 1.29 is 4.74 Å². The van der Waals surface area contributed by atoms with E-state index in [9.17, 15) is 0 Å². The van der Waals surface area contributed by atoms with E-state index in [0.29, 0.717) is 11.6 Å². The molecule has 0 unspecified atom stereocenters. The first-order valence-electron chi connectivity index (χ1n) is 8.67. The molecule has 0 saturated heterocycles. The summed E-state index contributed by atoms with van der Waals surface area (Å²) >= 11 is 1.68. The van der Waals surface area contributed by atoms with Gasteiger partial charge in [-0.25, -0.2) is 9.97 Å². The lowest BCUT2D eigenvalue weighted by Gasteiger charge is -2.07. The number of aryl methyl sites for hydroxylation is 1. The summed E-state index contributed by atoms with van der Waals surface area (Å²) in [5, 5.41) is 4.23. The maximum Gasteiger partial charge on any atom is 0.219 e. The Balaban J connectivity index is 1.32. The minimum absolute atomic E-state index is 0.534. The van der Waals surface area contributed by atoms with E-state index in [-0.39, 0.29) is 0 Å². The maximum absolute atomic E-state index is 5.79. The lowest BCUT2D eigenvalue weighted by atomic mass is 10.1. The molecule has 0 aliphatic heterocycles. The minimum atomic E-state index is 0.534. The van der Waals surface area contributed by atoms with Crippen LogP contribution in [0.4, 0.5) is 10.8 Å². The summed E-state index contributed by atoms with van der Waals surface area (Å²) in [6.07, 6.45) is 4.40. The molecule has 1 aliphatic rings. The van der Waals surface area contributed by atoms with Crippen LogP contribution in [0.5, 0.6) is 11.6 Å². The first-order valence-corrected chi connectivity index (χ1v) is 9.48. The number of rotatable bonds is 4. The zero-order chi connectivity index (χ0) is 18.2. The van der Waals surface area contributed by atoms with Crippen molar-refractivity contribution in [1.82, 2.24) is 15.0 Å². The Morgan fingerprint density at radius 1 is 1.04 bits per heavy atom. The predicted octanol–water partition coefficient (Wildman–Crippen LogP) is 5.35. The van der Waals surface area contributed by atoms with E-state index in [1.54, 1.807) is 23.7 Å². The third kappa shape index (κ3) is 3.04. The van der Waals surface area contributed by atoms with Gasteiger partial charge in [-0.15, -0.1) is 0 Å². The van der Waals surface area contributed by atoms with E-state index in [1.807, 2.05) is 31.2 Å². The second-order valence-electron chi connectivity index (χ2n) is 6.33. The van der Waals surface area contributed by atoms with Gasteiger partial charge in [0.15, 0.2) is 10.9 Å². The number of pyridine rings is 2. The topological polar surface area (TPSA) is 59.9 Å². The average molecular weight is 372 g/mol. The summed E-state index contributed by atoms with van der Waals surface area (Å²) < 4.78 is 5.79. The fourth-order valence-electron chi connectivity index (χ4n) is 3.14. The molecule has 0 saturated carbocycles. The predicted molar refractivity (Wildman–Crippen MR) is 107 cm³/mol. The van der Waals surface area contributed by atoms with Gasteiger partial charge >= 0.3 is 0 Å². The number of thiazole rings is 1. The third-order valence-corrected chi connectivity index (χ3v) is 5.52. The largest absolute Gasteiger partial charge is 0.437 e. The van der Waals surface area contributed by atoms with Crippen molar-refractivity contribution in [2.75, 3.05) is 5.32 Å². The van der Waals surface area contributed by atoms with Crippen molar-refractivity contribution in [3.8, 4) is 22.1 Å². The van der Waals surface area contributed by atoms with Gasteiger partial charge in [0, 0.05) is 18.7 Å². The van der Waals surface area contributed by atoms with Crippen molar-refractivity contribution in [3.05, 3.63) is 77.9 Å².